The number of ether oxygens (including phenoxy) is 1. The molecule has 1 atom stereocenters. The highest BCUT2D eigenvalue weighted by molar-refractivity contribution is 5.85. The Labute approximate surface area is 119 Å². The summed E-state index contributed by atoms with van der Waals surface area (Å²) < 4.78 is 5.77. The van der Waals surface area contributed by atoms with Gasteiger partial charge in [0.2, 0.25) is 5.91 Å². The summed E-state index contributed by atoms with van der Waals surface area (Å²) in [4.78, 5) is 12.2. The van der Waals surface area contributed by atoms with Crippen molar-refractivity contribution in [2.75, 3.05) is 6.54 Å². The van der Waals surface area contributed by atoms with E-state index in [0.29, 0.717) is 19.4 Å². The second-order valence-electron chi connectivity index (χ2n) is 5.16. The van der Waals surface area contributed by atoms with Gasteiger partial charge in [-0.05, 0) is 24.5 Å². The summed E-state index contributed by atoms with van der Waals surface area (Å²) in [6, 6.07) is 10.1. The number of carbonyl (C=O) groups excluding carboxylic acids is 1. The van der Waals surface area contributed by atoms with Crippen molar-refractivity contribution in [2.24, 2.45) is 5.41 Å². The largest absolute Gasteiger partial charge is 0.488 e. The molecule has 0 aliphatic carbocycles. The van der Waals surface area contributed by atoms with E-state index < -0.39 is 5.41 Å². The molecule has 0 bridgehead atoms. The van der Waals surface area contributed by atoms with Crippen LogP contribution in [0.15, 0.2) is 24.3 Å². The molecule has 106 valence electrons. The highest BCUT2D eigenvalue weighted by atomic mass is 16.5. The van der Waals surface area contributed by atoms with Crippen molar-refractivity contribution in [2.45, 2.75) is 39.2 Å². The van der Waals surface area contributed by atoms with Gasteiger partial charge in [0.15, 0.2) is 0 Å². The standard InChI is InChI=1S/C16H20N2O2/c1-3-16(4-2,11-17)15(19)18-10-13-9-12-7-5-6-8-14(12)20-13/h5-8,13H,3-4,9-10H2,1-2H3,(H,18,19). The molecule has 1 aliphatic rings. The number of nitrogens with zero attached hydrogens (tertiary/aromatic N) is 1. The molecule has 1 N–H and O–H groups in total. The van der Waals surface area contributed by atoms with E-state index in [2.05, 4.69) is 11.4 Å². The third-order valence-corrected chi connectivity index (χ3v) is 4.06. The van der Waals surface area contributed by atoms with Gasteiger partial charge in [-0.15, -0.1) is 0 Å². The molecule has 0 spiro atoms. The Kier molecular flexibility index (Phi) is 4.29. The monoisotopic (exact) mass is 272 g/mol. The number of hydrogen-bond acceptors (Lipinski definition) is 3. The van der Waals surface area contributed by atoms with Crippen LogP contribution in [0.2, 0.25) is 0 Å². The Morgan fingerprint density at radius 1 is 1.45 bits per heavy atom. The minimum atomic E-state index is -0.911. The lowest BCUT2D eigenvalue weighted by Gasteiger charge is -2.23. The van der Waals surface area contributed by atoms with E-state index in [0.717, 1.165) is 12.2 Å². The lowest BCUT2D eigenvalue weighted by molar-refractivity contribution is -0.128. The third-order valence-electron chi connectivity index (χ3n) is 4.06. The summed E-state index contributed by atoms with van der Waals surface area (Å²) in [5.41, 5.74) is 0.259. The highest BCUT2D eigenvalue weighted by Gasteiger charge is 2.35. The number of para-hydroxylation sites is 1. The van der Waals surface area contributed by atoms with Crippen molar-refractivity contribution in [3.05, 3.63) is 29.8 Å². The van der Waals surface area contributed by atoms with Crippen LogP contribution in [-0.4, -0.2) is 18.6 Å². The van der Waals surface area contributed by atoms with Crippen LogP contribution in [0, 0.1) is 16.7 Å². The zero-order valence-electron chi connectivity index (χ0n) is 12.0. The summed E-state index contributed by atoms with van der Waals surface area (Å²) in [7, 11) is 0. The fourth-order valence-corrected chi connectivity index (χ4v) is 2.52. The number of nitriles is 1. The first kappa shape index (κ1) is 14.4. The van der Waals surface area contributed by atoms with Gasteiger partial charge in [0.1, 0.15) is 17.3 Å². The van der Waals surface area contributed by atoms with Gasteiger partial charge in [-0.3, -0.25) is 4.79 Å². The van der Waals surface area contributed by atoms with E-state index in [1.807, 2.05) is 38.1 Å². The molecule has 1 aromatic carbocycles. The fourth-order valence-electron chi connectivity index (χ4n) is 2.52. The second kappa shape index (κ2) is 5.96. The molecule has 0 saturated carbocycles. The predicted octanol–water partition coefficient (Wildman–Crippen LogP) is 2.44. The van der Waals surface area contributed by atoms with Crippen LogP contribution in [0.4, 0.5) is 0 Å². The third kappa shape index (κ3) is 2.62. The molecule has 1 aromatic rings. The van der Waals surface area contributed by atoms with Gasteiger partial charge in [-0.25, -0.2) is 0 Å². The number of fused-ring (bicyclic) bond motifs is 1. The number of carbonyl (C=O) groups is 1. The van der Waals surface area contributed by atoms with Crippen molar-refractivity contribution in [3.63, 3.8) is 0 Å². The number of amides is 1. The molecule has 1 heterocycles. The molecule has 2 rings (SSSR count). The van der Waals surface area contributed by atoms with Crippen LogP contribution in [0.1, 0.15) is 32.3 Å². The Hall–Kier alpha value is -2.02. The first-order valence-corrected chi connectivity index (χ1v) is 7.09. The van der Waals surface area contributed by atoms with Gasteiger partial charge < -0.3 is 10.1 Å². The fraction of sp³-hybridized carbons (Fsp3) is 0.500. The molecule has 0 radical (unpaired) electrons. The molecular formula is C16H20N2O2. The molecule has 4 heteroatoms. The summed E-state index contributed by atoms with van der Waals surface area (Å²) >= 11 is 0. The number of nitrogens with one attached hydrogen (secondary N) is 1. The lowest BCUT2D eigenvalue weighted by Crippen LogP contribution is -2.43. The van der Waals surface area contributed by atoms with Gasteiger partial charge in [0.05, 0.1) is 12.6 Å². The Morgan fingerprint density at radius 3 is 2.75 bits per heavy atom. The van der Waals surface area contributed by atoms with Crippen LogP contribution in [0.5, 0.6) is 5.75 Å². The van der Waals surface area contributed by atoms with E-state index in [-0.39, 0.29) is 12.0 Å². The Bertz CT molecular complexity index is 505. The highest BCUT2D eigenvalue weighted by Crippen LogP contribution is 2.28. The summed E-state index contributed by atoms with van der Waals surface area (Å²) in [5, 5.41) is 12.1. The number of benzene rings is 1. The first-order chi connectivity index (χ1) is 9.65. The van der Waals surface area contributed by atoms with Crippen molar-refractivity contribution >= 4 is 5.91 Å². The van der Waals surface area contributed by atoms with E-state index in [1.54, 1.807) is 0 Å². The van der Waals surface area contributed by atoms with Crippen molar-refractivity contribution < 1.29 is 9.53 Å². The average Bonchev–Trinajstić information content (AvgIpc) is 2.90. The van der Waals surface area contributed by atoms with Gasteiger partial charge >= 0.3 is 0 Å². The van der Waals surface area contributed by atoms with Gasteiger partial charge in [-0.1, -0.05) is 32.0 Å². The minimum absolute atomic E-state index is 0.0403. The summed E-state index contributed by atoms with van der Waals surface area (Å²) in [6.07, 6.45) is 1.81. The molecule has 0 aromatic heterocycles. The van der Waals surface area contributed by atoms with Crippen molar-refractivity contribution in [3.8, 4) is 11.8 Å². The number of rotatable bonds is 5. The van der Waals surface area contributed by atoms with E-state index in [4.69, 9.17) is 4.74 Å². The maximum absolute atomic E-state index is 12.2. The van der Waals surface area contributed by atoms with E-state index in [1.165, 1.54) is 5.56 Å². The van der Waals surface area contributed by atoms with Gasteiger partial charge in [-0.2, -0.15) is 5.26 Å². The molecule has 4 nitrogen and oxygen atoms in total. The van der Waals surface area contributed by atoms with Crippen LogP contribution >= 0.6 is 0 Å². The lowest BCUT2D eigenvalue weighted by atomic mass is 9.83. The molecule has 1 aliphatic heterocycles. The van der Waals surface area contributed by atoms with E-state index in [9.17, 15) is 10.1 Å². The quantitative estimate of drug-likeness (QED) is 0.895. The van der Waals surface area contributed by atoms with Crippen molar-refractivity contribution in [1.29, 1.82) is 5.26 Å². The van der Waals surface area contributed by atoms with E-state index >= 15 is 0 Å². The molecule has 1 unspecified atom stereocenters. The van der Waals surface area contributed by atoms with Crippen LogP contribution in [0.25, 0.3) is 0 Å². The smallest absolute Gasteiger partial charge is 0.240 e. The maximum atomic E-state index is 12.2. The molecule has 0 saturated heterocycles. The first-order valence-electron chi connectivity index (χ1n) is 7.09. The predicted molar refractivity (Wildman–Crippen MR) is 76.2 cm³/mol. The Balaban J connectivity index is 1.92. The maximum Gasteiger partial charge on any atom is 0.240 e. The second-order valence-corrected chi connectivity index (χ2v) is 5.16. The number of hydrogen-bond donors (Lipinski definition) is 1. The van der Waals surface area contributed by atoms with Crippen LogP contribution in [0.3, 0.4) is 0 Å². The SMILES string of the molecule is CCC(C#N)(CC)C(=O)NCC1Cc2ccccc2O1. The van der Waals surface area contributed by atoms with Crippen LogP contribution < -0.4 is 10.1 Å². The topological polar surface area (TPSA) is 62.1 Å². The van der Waals surface area contributed by atoms with Crippen LogP contribution in [-0.2, 0) is 11.2 Å². The molecule has 20 heavy (non-hydrogen) atoms. The summed E-state index contributed by atoms with van der Waals surface area (Å²) in [6.45, 7) is 4.18. The normalized spacial score (nSPS) is 16.9. The molecule has 0 fully saturated rings. The minimum Gasteiger partial charge on any atom is -0.488 e. The average molecular weight is 272 g/mol. The summed E-state index contributed by atoms with van der Waals surface area (Å²) in [5.74, 6) is 0.703. The molecular weight excluding hydrogens is 252 g/mol. The molecule has 1 amide bonds. The Morgan fingerprint density at radius 2 is 2.15 bits per heavy atom. The van der Waals surface area contributed by atoms with Gasteiger partial charge in [0.25, 0.3) is 0 Å². The van der Waals surface area contributed by atoms with Gasteiger partial charge in [0, 0.05) is 6.42 Å². The zero-order valence-corrected chi connectivity index (χ0v) is 12.0. The zero-order chi connectivity index (χ0) is 14.6. The van der Waals surface area contributed by atoms with Crippen molar-refractivity contribution in [1.82, 2.24) is 5.32 Å².